The van der Waals surface area contributed by atoms with Gasteiger partial charge in [-0.25, -0.2) is 0 Å². The van der Waals surface area contributed by atoms with Gasteiger partial charge in [-0.1, -0.05) is 6.58 Å². The molecule has 0 aliphatic heterocycles. The Kier molecular flexibility index (Phi) is 8.51. The quantitative estimate of drug-likeness (QED) is 0.299. The summed E-state index contributed by atoms with van der Waals surface area (Å²) < 4.78 is 0. The minimum atomic E-state index is -0.647. The smallest absolute Gasteiger partial charge is 0.196 e. The minimum absolute atomic E-state index is 0. The molecule has 0 heterocycles. The van der Waals surface area contributed by atoms with Gasteiger partial charge in [0.05, 0.1) is 5.92 Å². The van der Waals surface area contributed by atoms with E-state index >= 15 is 0 Å². The summed E-state index contributed by atoms with van der Waals surface area (Å²) in [6.07, 6.45) is 1.12. The van der Waals surface area contributed by atoms with Crippen molar-refractivity contribution in [2.24, 2.45) is 5.92 Å². The van der Waals surface area contributed by atoms with Crippen molar-refractivity contribution >= 4 is 61.3 Å². The molecule has 0 aromatic carbocycles. The molecule has 0 aromatic heterocycles. The molecule has 4 heteroatoms. The van der Waals surface area contributed by atoms with E-state index in [1.165, 1.54) is 6.92 Å². The second-order valence-electron chi connectivity index (χ2n) is 1.67. The van der Waals surface area contributed by atoms with Crippen molar-refractivity contribution in [2.75, 3.05) is 0 Å². The fourth-order valence-electron chi connectivity index (χ4n) is 0.298. The van der Waals surface area contributed by atoms with Gasteiger partial charge in [-0.05, 0) is 13.0 Å². The first-order valence-electron chi connectivity index (χ1n) is 2.48. The van der Waals surface area contributed by atoms with Gasteiger partial charge >= 0.3 is 0 Å². The van der Waals surface area contributed by atoms with E-state index in [9.17, 15) is 9.59 Å². The molecule has 0 spiro atoms. The molecule has 0 aliphatic carbocycles. The van der Waals surface area contributed by atoms with Gasteiger partial charge in [-0.15, -0.1) is 12.6 Å². The van der Waals surface area contributed by atoms with E-state index in [2.05, 4.69) is 19.2 Å². The first-order valence-corrected chi connectivity index (χ1v) is 2.93. The summed E-state index contributed by atoms with van der Waals surface area (Å²) in [5.41, 5.74) is 0. The molecule has 0 N–H and O–H groups in total. The van der Waals surface area contributed by atoms with Gasteiger partial charge in [0.1, 0.15) is 0 Å². The summed E-state index contributed by atoms with van der Waals surface area (Å²) in [5.74, 6) is -0.930. The number of hydrogen-bond acceptors (Lipinski definition) is 2. The Morgan fingerprint density at radius 2 is 2.00 bits per heavy atom. The maximum absolute atomic E-state index is 10.6. The van der Waals surface area contributed by atoms with E-state index in [0.717, 1.165) is 6.08 Å². The third-order valence-corrected chi connectivity index (χ3v) is 1.39. The van der Waals surface area contributed by atoms with Crippen LogP contribution < -0.4 is 0 Å². The molecule has 10 heavy (non-hydrogen) atoms. The van der Waals surface area contributed by atoms with Crippen LogP contribution in [-0.4, -0.2) is 48.6 Å². The number of rotatable bonds is 3. The van der Waals surface area contributed by atoms with Gasteiger partial charge in [-0.2, -0.15) is 0 Å². The summed E-state index contributed by atoms with van der Waals surface area (Å²) in [5, 5.41) is -0.417. The Hall–Kier alpha value is 0.690. The predicted molar refractivity (Wildman–Crippen MR) is 44.1 cm³/mol. The number of ketones is 1. The number of thiol groups is 1. The van der Waals surface area contributed by atoms with E-state index < -0.39 is 11.0 Å². The predicted octanol–water partition coefficient (Wildman–Crippen LogP) is 0.453. The number of carbonyl (C=O) groups excluding carboxylic acids is 2. The zero-order valence-electron chi connectivity index (χ0n) is 5.83. The van der Waals surface area contributed by atoms with Gasteiger partial charge in [0.2, 0.25) is 0 Å². The average Bonchev–Trinajstić information content (AvgIpc) is 1.84. The molecule has 2 radical (unpaired) electrons. The van der Waals surface area contributed by atoms with Crippen LogP contribution in [0.1, 0.15) is 6.92 Å². The van der Waals surface area contributed by atoms with Crippen molar-refractivity contribution in [3.05, 3.63) is 12.7 Å². The van der Waals surface area contributed by atoms with E-state index in [0.29, 0.717) is 0 Å². The summed E-state index contributed by atoms with van der Waals surface area (Å²) in [6.45, 7) is 4.73. The summed E-state index contributed by atoms with van der Waals surface area (Å²) >= 11 is 3.48. The van der Waals surface area contributed by atoms with Gasteiger partial charge in [0.15, 0.2) is 10.9 Å². The van der Waals surface area contributed by atoms with E-state index in [-0.39, 0.29) is 43.5 Å². The van der Waals surface area contributed by atoms with Crippen molar-refractivity contribution in [3.8, 4) is 0 Å². The topological polar surface area (TPSA) is 34.1 Å². The van der Waals surface area contributed by atoms with Crippen molar-refractivity contribution < 1.29 is 9.59 Å². The molecule has 0 amide bonds. The van der Waals surface area contributed by atoms with E-state index in [1.807, 2.05) is 0 Å². The van der Waals surface area contributed by atoms with Crippen LogP contribution >= 0.6 is 12.6 Å². The summed E-state index contributed by atoms with van der Waals surface area (Å²) in [7, 11) is 0. The zero-order valence-corrected chi connectivity index (χ0v) is 8.94. The molecule has 0 rings (SSSR count). The van der Waals surface area contributed by atoms with Crippen molar-refractivity contribution in [1.82, 2.24) is 0 Å². The third-order valence-electron chi connectivity index (χ3n) is 0.998. The second-order valence-corrected chi connectivity index (χ2v) is 2.11. The van der Waals surface area contributed by atoms with Crippen LogP contribution in [-0.2, 0) is 9.59 Å². The van der Waals surface area contributed by atoms with Crippen LogP contribution in [0.4, 0.5) is 0 Å². The molecular formula is C6H8CaO2S. The van der Waals surface area contributed by atoms with Crippen LogP contribution in [0.3, 0.4) is 0 Å². The van der Waals surface area contributed by atoms with Crippen molar-refractivity contribution in [3.63, 3.8) is 0 Å². The van der Waals surface area contributed by atoms with Crippen LogP contribution in [0, 0.1) is 5.92 Å². The average molecular weight is 184 g/mol. The van der Waals surface area contributed by atoms with Gasteiger partial charge in [0, 0.05) is 37.7 Å². The molecular weight excluding hydrogens is 176 g/mol. The van der Waals surface area contributed by atoms with Crippen LogP contribution in [0.5, 0.6) is 0 Å². The van der Waals surface area contributed by atoms with E-state index in [4.69, 9.17) is 0 Å². The summed E-state index contributed by atoms with van der Waals surface area (Å²) in [4.78, 5) is 20.9. The number of hydrogen-bond donors (Lipinski definition) is 1. The molecule has 0 saturated carbocycles. The van der Waals surface area contributed by atoms with Gasteiger partial charge in [0.25, 0.3) is 0 Å². The molecule has 0 aromatic rings. The molecule has 1 atom stereocenters. The molecule has 0 saturated heterocycles. The minimum Gasteiger partial charge on any atom is -0.294 e. The largest absolute Gasteiger partial charge is 0.294 e. The van der Waals surface area contributed by atoms with Crippen molar-refractivity contribution in [1.29, 1.82) is 0 Å². The summed E-state index contributed by atoms with van der Waals surface area (Å²) in [6, 6.07) is 0. The maximum Gasteiger partial charge on any atom is 0.196 e. The molecule has 0 aliphatic rings. The Morgan fingerprint density at radius 1 is 1.60 bits per heavy atom. The number of allylic oxidation sites excluding steroid dienone is 1. The van der Waals surface area contributed by atoms with Crippen LogP contribution in [0.15, 0.2) is 12.7 Å². The van der Waals surface area contributed by atoms with Gasteiger partial charge < -0.3 is 0 Å². The van der Waals surface area contributed by atoms with Crippen molar-refractivity contribution in [2.45, 2.75) is 6.92 Å². The third kappa shape index (κ3) is 4.50. The Morgan fingerprint density at radius 3 is 2.10 bits per heavy atom. The SMILES string of the molecule is C=CC(=O)C(C)C(=O)S.[Ca]. The fraction of sp³-hybridized carbons (Fsp3) is 0.333. The van der Waals surface area contributed by atoms with Gasteiger partial charge in [-0.3, -0.25) is 9.59 Å². The number of carbonyl (C=O) groups is 2. The molecule has 2 nitrogen and oxygen atoms in total. The van der Waals surface area contributed by atoms with E-state index in [1.54, 1.807) is 0 Å². The Labute approximate surface area is 95.5 Å². The Balaban J connectivity index is 0. The Bertz CT molecular complexity index is 156. The first-order chi connectivity index (χ1) is 4.09. The standard InChI is InChI=1S/C6H8O2S.Ca/c1-3-5(7)4(2)6(8)9;/h3-4H,1H2,2H3,(H,8,9);. The molecule has 0 bridgehead atoms. The fourth-order valence-corrected chi connectivity index (χ4v) is 0.426. The normalized spacial score (nSPS) is 11.0. The molecule has 1 unspecified atom stereocenters. The second kappa shape index (κ2) is 6.40. The van der Waals surface area contributed by atoms with Crippen LogP contribution in [0.25, 0.3) is 0 Å². The first kappa shape index (κ1) is 13.3. The van der Waals surface area contributed by atoms with Crippen LogP contribution in [0.2, 0.25) is 0 Å². The molecule has 0 fully saturated rings. The zero-order chi connectivity index (χ0) is 7.44. The molecule has 52 valence electrons. The monoisotopic (exact) mass is 184 g/mol. The maximum atomic E-state index is 10.6.